The summed E-state index contributed by atoms with van der Waals surface area (Å²) in [4.78, 5) is 7.71. The normalized spacial score (nSPS) is 29.8. The first kappa shape index (κ1) is 17.9. The molecule has 0 spiro atoms. The van der Waals surface area contributed by atoms with E-state index in [0.717, 1.165) is 39.3 Å². The van der Waals surface area contributed by atoms with Gasteiger partial charge in [-0.2, -0.15) is 0 Å². The predicted molar refractivity (Wildman–Crippen MR) is 99.0 cm³/mol. The second kappa shape index (κ2) is 7.52. The summed E-state index contributed by atoms with van der Waals surface area (Å²) in [6.07, 6.45) is 0. The molecule has 0 aliphatic carbocycles. The third-order valence-electron chi connectivity index (χ3n) is 5.51. The van der Waals surface area contributed by atoms with E-state index in [2.05, 4.69) is 65.8 Å². The molecule has 4 heteroatoms. The third-order valence-corrected chi connectivity index (χ3v) is 5.51. The molecule has 2 aliphatic rings. The van der Waals surface area contributed by atoms with Crippen molar-refractivity contribution in [2.75, 3.05) is 45.9 Å². The van der Waals surface area contributed by atoms with Gasteiger partial charge in [0, 0.05) is 51.9 Å². The molecule has 1 aromatic rings. The molecule has 24 heavy (non-hydrogen) atoms. The van der Waals surface area contributed by atoms with E-state index < -0.39 is 0 Å². The van der Waals surface area contributed by atoms with Gasteiger partial charge in [0.1, 0.15) is 0 Å². The van der Waals surface area contributed by atoms with Crippen LogP contribution >= 0.6 is 0 Å². The van der Waals surface area contributed by atoms with E-state index in [0.29, 0.717) is 12.0 Å². The fraction of sp³-hybridized carbons (Fsp3) is 0.700. The van der Waals surface area contributed by atoms with Gasteiger partial charge >= 0.3 is 0 Å². The Morgan fingerprint density at radius 2 is 1.83 bits per heavy atom. The van der Waals surface area contributed by atoms with Crippen LogP contribution in [-0.2, 0) is 6.54 Å². The molecule has 1 aromatic carbocycles. The van der Waals surface area contributed by atoms with Crippen LogP contribution in [0.1, 0.15) is 26.3 Å². The molecule has 4 nitrogen and oxygen atoms in total. The van der Waals surface area contributed by atoms with Gasteiger partial charge in [0.05, 0.1) is 12.1 Å². The summed E-state index contributed by atoms with van der Waals surface area (Å²) in [6.45, 7) is 14.6. The molecule has 0 unspecified atom stereocenters. The Kier molecular flexibility index (Phi) is 5.60. The molecular formula is C20H33N3O. The molecule has 3 rings (SSSR count). The fourth-order valence-corrected chi connectivity index (χ4v) is 4.51. The monoisotopic (exact) mass is 331 g/mol. The summed E-state index contributed by atoms with van der Waals surface area (Å²) in [5, 5.41) is 10.1. The molecule has 0 saturated carbocycles. The first-order valence-corrected chi connectivity index (χ1v) is 9.36. The fourth-order valence-electron chi connectivity index (χ4n) is 4.51. The first-order valence-electron chi connectivity index (χ1n) is 9.36. The SMILES string of the molecule is CC(C)CN1CCN2[C@@H](C1)CN(Cc1ccccc1)C[C@@]2(C)CO. The van der Waals surface area contributed by atoms with Crippen molar-refractivity contribution in [3.8, 4) is 0 Å². The van der Waals surface area contributed by atoms with Gasteiger partial charge in [-0.3, -0.25) is 9.80 Å². The summed E-state index contributed by atoms with van der Waals surface area (Å²) >= 11 is 0. The Morgan fingerprint density at radius 1 is 1.12 bits per heavy atom. The summed E-state index contributed by atoms with van der Waals surface area (Å²) in [6, 6.07) is 11.2. The number of piperazine rings is 2. The summed E-state index contributed by atoms with van der Waals surface area (Å²) < 4.78 is 0. The van der Waals surface area contributed by atoms with Crippen molar-refractivity contribution in [3.63, 3.8) is 0 Å². The minimum absolute atomic E-state index is 0.123. The molecule has 1 N–H and O–H groups in total. The second-order valence-corrected chi connectivity index (χ2v) is 8.31. The Hall–Kier alpha value is -0.940. The molecule has 2 atom stereocenters. The Bertz CT molecular complexity index is 521. The van der Waals surface area contributed by atoms with E-state index in [1.165, 1.54) is 12.1 Å². The van der Waals surface area contributed by atoms with Crippen molar-refractivity contribution in [2.45, 2.75) is 38.9 Å². The smallest absolute Gasteiger partial charge is 0.0625 e. The predicted octanol–water partition coefficient (Wildman–Crippen LogP) is 1.90. The van der Waals surface area contributed by atoms with Crippen LogP contribution < -0.4 is 0 Å². The number of nitrogens with zero attached hydrogens (tertiary/aromatic N) is 3. The van der Waals surface area contributed by atoms with Crippen LogP contribution in [0.15, 0.2) is 30.3 Å². The van der Waals surface area contributed by atoms with Gasteiger partial charge in [-0.25, -0.2) is 0 Å². The van der Waals surface area contributed by atoms with Crippen molar-refractivity contribution >= 4 is 0 Å². The second-order valence-electron chi connectivity index (χ2n) is 8.31. The maximum atomic E-state index is 10.1. The zero-order valence-electron chi connectivity index (χ0n) is 15.5. The number of hydrogen-bond donors (Lipinski definition) is 1. The number of rotatable bonds is 5. The van der Waals surface area contributed by atoms with Crippen molar-refractivity contribution in [1.82, 2.24) is 14.7 Å². The van der Waals surface area contributed by atoms with E-state index in [1.807, 2.05) is 0 Å². The molecule has 0 aromatic heterocycles. The lowest BCUT2D eigenvalue weighted by molar-refractivity contribution is -0.0950. The van der Waals surface area contributed by atoms with Gasteiger partial charge in [-0.05, 0) is 18.4 Å². The Labute approximate surface area is 147 Å². The Balaban J connectivity index is 1.71. The van der Waals surface area contributed by atoms with Gasteiger partial charge in [0.25, 0.3) is 0 Å². The van der Waals surface area contributed by atoms with Crippen molar-refractivity contribution in [3.05, 3.63) is 35.9 Å². The molecule has 2 heterocycles. The molecular weight excluding hydrogens is 298 g/mol. The molecule has 2 aliphatic heterocycles. The third kappa shape index (κ3) is 3.99. The van der Waals surface area contributed by atoms with Crippen LogP contribution in [-0.4, -0.2) is 77.3 Å². The van der Waals surface area contributed by atoms with E-state index in [-0.39, 0.29) is 12.1 Å². The van der Waals surface area contributed by atoms with Crippen LogP contribution in [0.5, 0.6) is 0 Å². The van der Waals surface area contributed by atoms with E-state index in [1.54, 1.807) is 0 Å². The maximum absolute atomic E-state index is 10.1. The lowest BCUT2D eigenvalue weighted by atomic mass is 9.91. The minimum atomic E-state index is -0.123. The van der Waals surface area contributed by atoms with Crippen LogP contribution in [0, 0.1) is 5.92 Å². The first-order chi connectivity index (χ1) is 11.5. The number of fused-ring (bicyclic) bond motifs is 1. The van der Waals surface area contributed by atoms with Crippen molar-refractivity contribution < 1.29 is 5.11 Å². The van der Waals surface area contributed by atoms with Gasteiger partial charge in [-0.1, -0.05) is 44.2 Å². The van der Waals surface area contributed by atoms with Gasteiger partial charge < -0.3 is 10.0 Å². The van der Waals surface area contributed by atoms with E-state index in [4.69, 9.17) is 0 Å². The molecule has 0 bridgehead atoms. The van der Waals surface area contributed by atoms with Crippen LogP contribution in [0.3, 0.4) is 0 Å². The van der Waals surface area contributed by atoms with Gasteiger partial charge in [0.15, 0.2) is 0 Å². The van der Waals surface area contributed by atoms with E-state index >= 15 is 0 Å². The van der Waals surface area contributed by atoms with E-state index in [9.17, 15) is 5.11 Å². The van der Waals surface area contributed by atoms with Crippen LogP contribution in [0.25, 0.3) is 0 Å². The highest BCUT2D eigenvalue weighted by Gasteiger charge is 2.44. The zero-order valence-corrected chi connectivity index (χ0v) is 15.5. The lowest BCUT2D eigenvalue weighted by Gasteiger charge is -2.56. The summed E-state index contributed by atoms with van der Waals surface area (Å²) in [5.41, 5.74) is 1.24. The highest BCUT2D eigenvalue weighted by Crippen LogP contribution is 2.29. The molecule has 0 amide bonds. The summed E-state index contributed by atoms with van der Waals surface area (Å²) in [5.74, 6) is 0.713. The topological polar surface area (TPSA) is 30.0 Å². The van der Waals surface area contributed by atoms with Gasteiger partial charge in [-0.15, -0.1) is 0 Å². The van der Waals surface area contributed by atoms with Crippen LogP contribution in [0.2, 0.25) is 0 Å². The maximum Gasteiger partial charge on any atom is 0.0625 e. The molecule has 134 valence electrons. The Morgan fingerprint density at radius 3 is 2.50 bits per heavy atom. The standard InChI is InChI=1S/C20H33N3O/c1-17(2)11-21-9-10-23-19(13-21)14-22(15-20(23,3)16-24)12-18-7-5-4-6-8-18/h4-8,17,19,24H,9-16H2,1-3H3/t19-,20-/m0/s1. The number of benzene rings is 1. The molecule has 0 radical (unpaired) electrons. The average Bonchev–Trinajstić information content (AvgIpc) is 2.55. The number of aliphatic hydroxyl groups excluding tert-OH is 1. The van der Waals surface area contributed by atoms with Crippen LogP contribution in [0.4, 0.5) is 0 Å². The lowest BCUT2D eigenvalue weighted by Crippen LogP contribution is -2.71. The quantitative estimate of drug-likeness (QED) is 0.892. The largest absolute Gasteiger partial charge is 0.394 e. The summed E-state index contributed by atoms with van der Waals surface area (Å²) in [7, 11) is 0. The molecule has 2 fully saturated rings. The zero-order chi connectivity index (χ0) is 17.2. The number of hydrogen-bond acceptors (Lipinski definition) is 4. The highest BCUT2D eigenvalue weighted by atomic mass is 16.3. The highest BCUT2D eigenvalue weighted by molar-refractivity contribution is 5.15. The van der Waals surface area contributed by atoms with Crippen molar-refractivity contribution in [2.24, 2.45) is 5.92 Å². The minimum Gasteiger partial charge on any atom is -0.394 e. The van der Waals surface area contributed by atoms with Crippen molar-refractivity contribution in [1.29, 1.82) is 0 Å². The van der Waals surface area contributed by atoms with Gasteiger partial charge in [0.2, 0.25) is 0 Å². The average molecular weight is 332 g/mol. The number of aliphatic hydroxyl groups is 1. The molecule has 2 saturated heterocycles.